The largest absolute Gasteiger partial charge is 0.493 e. The molecule has 0 unspecified atom stereocenters. The SMILES string of the molecule is COc1cc(Nc2ncc3scc(-c4cccc(CO)c4)c3n2)cc(OC)c1OC. The van der Waals surface area contributed by atoms with Gasteiger partial charge in [0.2, 0.25) is 11.7 Å². The zero-order chi connectivity index (χ0) is 21.1. The Morgan fingerprint density at radius 1 is 1.03 bits per heavy atom. The molecule has 0 aliphatic heterocycles. The number of benzene rings is 2. The maximum absolute atomic E-state index is 9.44. The first-order valence-corrected chi connectivity index (χ1v) is 10.1. The van der Waals surface area contributed by atoms with E-state index in [9.17, 15) is 5.11 Å². The average molecular weight is 423 g/mol. The van der Waals surface area contributed by atoms with Gasteiger partial charge in [-0.25, -0.2) is 9.97 Å². The Labute approximate surface area is 177 Å². The molecule has 0 amide bonds. The molecular weight excluding hydrogens is 402 g/mol. The summed E-state index contributed by atoms with van der Waals surface area (Å²) in [5.41, 5.74) is 4.42. The van der Waals surface area contributed by atoms with E-state index in [1.165, 1.54) is 0 Å². The number of nitrogens with zero attached hydrogens (tertiary/aromatic N) is 2. The van der Waals surface area contributed by atoms with Crippen LogP contribution in [0.1, 0.15) is 5.56 Å². The number of aromatic nitrogens is 2. The minimum absolute atomic E-state index is 0.00116. The van der Waals surface area contributed by atoms with Crippen molar-refractivity contribution >= 4 is 33.2 Å². The predicted octanol–water partition coefficient (Wildman–Crippen LogP) is 4.62. The van der Waals surface area contributed by atoms with Gasteiger partial charge in [-0.2, -0.15) is 0 Å². The molecule has 7 nitrogen and oxygen atoms in total. The number of hydrogen-bond acceptors (Lipinski definition) is 8. The molecule has 0 aliphatic carbocycles. The second-order valence-corrected chi connectivity index (χ2v) is 7.36. The molecule has 30 heavy (non-hydrogen) atoms. The quantitative estimate of drug-likeness (QED) is 0.449. The van der Waals surface area contributed by atoms with Crippen molar-refractivity contribution in [2.75, 3.05) is 26.6 Å². The van der Waals surface area contributed by atoms with Crippen LogP contribution in [-0.4, -0.2) is 36.4 Å². The molecule has 0 atom stereocenters. The highest BCUT2D eigenvalue weighted by molar-refractivity contribution is 7.17. The van der Waals surface area contributed by atoms with Crippen LogP contribution in [0.5, 0.6) is 17.2 Å². The number of nitrogens with one attached hydrogen (secondary N) is 1. The van der Waals surface area contributed by atoms with Gasteiger partial charge in [0.25, 0.3) is 0 Å². The number of fused-ring (bicyclic) bond motifs is 1. The van der Waals surface area contributed by atoms with Crippen LogP contribution in [0.15, 0.2) is 48.0 Å². The maximum atomic E-state index is 9.44. The van der Waals surface area contributed by atoms with Crippen molar-refractivity contribution < 1.29 is 19.3 Å². The summed E-state index contributed by atoms with van der Waals surface area (Å²) in [7, 11) is 4.71. The Morgan fingerprint density at radius 2 is 1.80 bits per heavy atom. The van der Waals surface area contributed by atoms with Gasteiger partial charge < -0.3 is 24.6 Å². The lowest BCUT2D eigenvalue weighted by atomic mass is 10.1. The molecule has 2 aromatic carbocycles. The van der Waals surface area contributed by atoms with Crippen molar-refractivity contribution in [3.8, 4) is 28.4 Å². The van der Waals surface area contributed by atoms with Gasteiger partial charge in [0.1, 0.15) is 0 Å². The lowest BCUT2D eigenvalue weighted by Gasteiger charge is -2.14. The van der Waals surface area contributed by atoms with E-state index in [2.05, 4.69) is 15.7 Å². The molecular formula is C22H21N3O4S. The summed E-state index contributed by atoms with van der Waals surface area (Å²) in [6, 6.07) is 11.4. The normalized spacial score (nSPS) is 10.8. The Bertz CT molecular complexity index is 1170. The van der Waals surface area contributed by atoms with Crippen molar-refractivity contribution in [3.63, 3.8) is 0 Å². The molecule has 4 aromatic rings. The number of anilines is 2. The fourth-order valence-electron chi connectivity index (χ4n) is 3.21. The first kappa shape index (κ1) is 19.9. The van der Waals surface area contributed by atoms with E-state index in [1.54, 1.807) is 51.0 Å². The summed E-state index contributed by atoms with van der Waals surface area (Å²) in [6.45, 7) is -0.00116. The van der Waals surface area contributed by atoms with E-state index in [0.29, 0.717) is 28.9 Å². The smallest absolute Gasteiger partial charge is 0.227 e. The number of aliphatic hydroxyl groups excluding tert-OH is 1. The third-order valence-corrected chi connectivity index (χ3v) is 5.56. The second kappa shape index (κ2) is 8.56. The molecule has 2 heterocycles. The number of methoxy groups -OCH3 is 3. The van der Waals surface area contributed by atoms with Crippen LogP contribution in [0.4, 0.5) is 11.6 Å². The highest BCUT2D eigenvalue weighted by atomic mass is 32.1. The third kappa shape index (κ3) is 3.74. The molecule has 0 bridgehead atoms. The zero-order valence-corrected chi connectivity index (χ0v) is 17.6. The van der Waals surface area contributed by atoms with Gasteiger partial charge in [0, 0.05) is 28.8 Å². The Balaban J connectivity index is 1.72. The van der Waals surface area contributed by atoms with Crippen LogP contribution in [0.3, 0.4) is 0 Å². The molecule has 0 radical (unpaired) electrons. The molecule has 0 saturated carbocycles. The van der Waals surface area contributed by atoms with Gasteiger partial charge in [-0.1, -0.05) is 18.2 Å². The lowest BCUT2D eigenvalue weighted by molar-refractivity contribution is 0.282. The maximum Gasteiger partial charge on any atom is 0.227 e. The fourth-order valence-corrected chi connectivity index (χ4v) is 4.09. The van der Waals surface area contributed by atoms with Gasteiger partial charge in [-0.15, -0.1) is 11.3 Å². The van der Waals surface area contributed by atoms with Crippen LogP contribution in [0, 0.1) is 0 Å². The molecule has 0 fully saturated rings. The second-order valence-electron chi connectivity index (χ2n) is 6.45. The highest BCUT2D eigenvalue weighted by Crippen LogP contribution is 2.40. The van der Waals surface area contributed by atoms with Crippen molar-refractivity contribution in [2.24, 2.45) is 0 Å². The molecule has 2 N–H and O–H groups in total. The van der Waals surface area contributed by atoms with Crippen LogP contribution in [0.25, 0.3) is 21.3 Å². The summed E-state index contributed by atoms with van der Waals surface area (Å²) in [4.78, 5) is 9.16. The summed E-state index contributed by atoms with van der Waals surface area (Å²) in [5.74, 6) is 2.05. The van der Waals surface area contributed by atoms with Crippen LogP contribution in [0.2, 0.25) is 0 Å². The number of hydrogen-bond donors (Lipinski definition) is 2. The lowest BCUT2D eigenvalue weighted by Crippen LogP contribution is -2.00. The number of rotatable bonds is 7. The van der Waals surface area contributed by atoms with Crippen molar-refractivity contribution in [3.05, 3.63) is 53.5 Å². The molecule has 4 rings (SSSR count). The first-order chi connectivity index (χ1) is 14.7. The summed E-state index contributed by atoms with van der Waals surface area (Å²) in [6.07, 6.45) is 1.80. The molecule has 0 aliphatic rings. The summed E-state index contributed by atoms with van der Waals surface area (Å²) < 4.78 is 17.2. The van der Waals surface area contributed by atoms with Crippen LogP contribution >= 0.6 is 11.3 Å². The Morgan fingerprint density at radius 3 is 2.47 bits per heavy atom. The van der Waals surface area contributed by atoms with Crippen LogP contribution in [-0.2, 0) is 6.61 Å². The van der Waals surface area contributed by atoms with E-state index in [0.717, 1.165) is 26.9 Å². The third-order valence-electron chi connectivity index (χ3n) is 4.66. The number of aliphatic hydroxyl groups is 1. The van der Waals surface area contributed by atoms with E-state index >= 15 is 0 Å². The van der Waals surface area contributed by atoms with Gasteiger partial charge in [0.15, 0.2) is 11.5 Å². The van der Waals surface area contributed by atoms with E-state index in [-0.39, 0.29) is 6.61 Å². The molecule has 8 heteroatoms. The van der Waals surface area contributed by atoms with E-state index in [4.69, 9.17) is 19.2 Å². The highest BCUT2D eigenvalue weighted by Gasteiger charge is 2.15. The Kier molecular flexibility index (Phi) is 5.69. The van der Waals surface area contributed by atoms with Gasteiger partial charge in [-0.05, 0) is 17.2 Å². The number of thiophene rings is 1. The van der Waals surface area contributed by atoms with Crippen molar-refractivity contribution in [1.29, 1.82) is 0 Å². The van der Waals surface area contributed by atoms with Gasteiger partial charge in [0.05, 0.1) is 44.3 Å². The minimum Gasteiger partial charge on any atom is -0.493 e. The zero-order valence-electron chi connectivity index (χ0n) is 16.8. The summed E-state index contributed by atoms with van der Waals surface area (Å²) in [5, 5.41) is 14.7. The first-order valence-electron chi connectivity index (χ1n) is 9.18. The Hall–Kier alpha value is -3.36. The van der Waals surface area contributed by atoms with Gasteiger partial charge in [-0.3, -0.25) is 0 Å². The summed E-state index contributed by atoms with van der Waals surface area (Å²) >= 11 is 1.58. The predicted molar refractivity (Wildman–Crippen MR) is 118 cm³/mol. The van der Waals surface area contributed by atoms with E-state index in [1.807, 2.05) is 24.3 Å². The number of ether oxygens (including phenoxy) is 3. The van der Waals surface area contributed by atoms with E-state index < -0.39 is 0 Å². The monoisotopic (exact) mass is 423 g/mol. The van der Waals surface area contributed by atoms with Gasteiger partial charge >= 0.3 is 0 Å². The molecule has 2 aromatic heterocycles. The van der Waals surface area contributed by atoms with Crippen molar-refractivity contribution in [2.45, 2.75) is 6.61 Å². The fraction of sp³-hybridized carbons (Fsp3) is 0.182. The molecule has 154 valence electrons. The average Bonchev–Trinajstić information content (AvgIpc) is 3.21. The minimum atomic E-state index is -0.00116. The molecule has 0 saturated heterocycles. The van der Waals surface area contributed by atoms with Crippen LogP contribution < -0.4 is 19.5 Å². The molecule has 0 spiro atoms. The standard InChI is InChI=1S/C22H21N3O4S/c1-27-17-8-15(9-18(28-2)21(17)29-3)24-22-23-10-19-20(25-22)16(12-30-19)14-6-4-5-13(7-14)11-26/h4-10,12,26H,11H2,1-3H3,(H,23,24,25). The van der Waals surface area contributed by atoms with Crippen molar-refractivity contribution in [1.82, 2.24) is 9.97 Å². The topological polar surface area (TPSA) is 85.7 Å².